The fraction of sp³-hybridized carbons (Fsp3) is 0.238. The van der Waals surface area contributed by atoms with Gasteiger partial charge in [0.2, 0.25) is 5.91 Å². The van der Waals surface area contributed by atoms with E-state index in [0.29, 0.717) is 39.0 Å². The summed E-state index contributed by atoms with van der Waals surface area (Å²) in [5.41, 5.74) is 2.36. The Kier molecular flexibility index (Phi) is 6.48. The number of amides is 1. The molecule has 0 aliphatic carbocycles. The quantitative estimate of drug-likeness (QED) is 0.574. The van der Waals surface area contributed by atoms with Crippen molar-refractivity contribution in [3.8, 4) is 17.1 Å². The number of benzene rings is 2. The van der Waals surface area contributed by atoms with E-state index in [1.54, 1.807) is 56.3 Å². The van der Waals surface area contributed by atoms with Crippen LogP contribution in [0.3, 0.4) is 0 Å². The van der Waals surface area contributed by atoms with Crippen LogP contribution in [0.1, 0.15) is 17.7 Å². The number of nitrogens with zero attached hydrogens (tertiary/aromatic N) is 1. The molecule has 0 spiro atoms. The van der Waals surface area contributed by atoms with E-state index in [0.717, 1.165) is 0 Å². The first kappa shape index (κ1) is 21.9. The van der Waals surface area contributed by atoms with Gasteiger partial charge in [-0.2, -0.15) is 0 Å². The highest BCUT2D eigenvalue weighted by Crippen LogP contribution is 2.28. The van der Waals surface area contributed by atoms with E-state index < -0.39 is 15.7 Å². The second-order valence-corrected chi connectivity index (χ2v) is 9.26. The standard InChI is InChI=1S/C21H21ClN2O5S/c1-13-4-5-15(19-10-14(2)24-29-19)11-20(13)30(26,27)9-8-21(25)23-16-6-7-18(28-3)17(22)12-16/h4-7,10-12H,8-9H2,1-3H3,(H,23,25). The summed E-state index contributed by atoms with van der Waals surface area (Å²) in [4.78, 5) is 12.4. The molecule has 1 aromatic heterocycles. The third-order valence-electron chi connectivity index (χ3n) is 4.47. The lowest BCUT2D eigenvalue weighted by atomic mass is 10.1. The number of rotatable bonds is 7. The molecule has 0 saturated heterocycles. The number of sulfone groups is 1. The van der Waals surface area contributed by atoms with Gasteiger partial charge in [0.25, 0.3) is 0 Å². The lowest BCUT2D eigenvalue weighted by molar-refractivity contribution is -0.115. The first-order valence-corrected chi connectivity index (χ1v) is 11.1. The van der Waals surface area contributed by atoms with Crippen LogP contribution in [0, 0.1) is 13.8 Å². The van der Waals surface area contributed by atoms with Gasteiger partial charge in [-0.15, -0.1) is 0 Å². The van der Waals surface area contributed by atoms with Gasteiger partial charge in [0.05, 0.1) is 28.5 Å². The third-order valence-corrected chi connectivity index (χ3v) is 6.62. The molecule has 1 heterocycles. The maximum absolute atomic E-state index is 12.9. The number of carbonyl (C=O) groups is 1. The molecule has 2 aromatic carbocycles. The van der Waals surface area contributed by atoms with Gasteiger partial charge in [0, 0.05) is 23.7 Å². The van der Waals surface area contributed by atoms with Crippen molar-refractivity contribution >= 4 is 33.0 Å². The Hall–Kier alpha value is -2.84. The molecule has 158 valence electrons. The van der Waals surface area contributed by atoms with E-state index in [9.17, 15) is 13.2 Å². The Morgan fingerprint density at radius 2 is 1.93 bits per heavy atom. The summed E-state index contributed by atoms with van der Waals surface area (Å²) in [7, 11) is -2.20. The zero-order valence-corrected chi connectivity index (χ0v) is 18.3. The van der Waals surface area contributed by atoms with Gasteiger partial charge in [0.15, 0.2) is 15.6 Å². The van der Waals surface area contributed by atoms with Crippen LogP contribution in [0.15, 0.2) is 51.9 Å². The van der Waals surface area contributed by atoms with Crippen molar-refractivity contribution in [3.05, 3.63) is 58.7 Å². The molecule has 9 heteroatoms. The summed E-state index contributed by atoms with van der Waals surface area (Å²) in [6.45, 7) is 3.50. The van der Waals surface area contributed by atoms with Crippen LogP contribution in [0.5, 0.6) is 5.75 Å². The Labute approximate surface area is 179 Å². The van der Waals surface area contributed by atoms with Crippen LogP contribution >= 0.6 is 11.6 Å². The van der Waals surface area contributed by atoms with Crippen LogP contribution < -0.4 is 10.1 Å². The molecule has 0 radical (unpaired) electrons. The molecule has 0 atom stereocenters. The number of methoxy groups -OCH3 is 1. The fourth-order valence-electron chi connectivity index (χ4n) is 2.89. The number of halogens is 1. The van der Waals surface area contributed by atoms with Gasteiger partial charge in [0.1, 0.15) is 5.75 Å². The van der Waals surface area contributed by atoms with Gasteiger partial charge in [-0.25, -0.2) is 8.42 Å². The molecule has 7 nitrogen and oxygen atoms in total. The number of hydrogen-bond donors (Lipinski definition) is 1. The fourth-order valence-corrected chi connectivity index (χ4v) is 4.69. The molecule has 0 unspecified atom stereocenters. The monoisotopic (exact) mass is 448 g/mol. The van der Waals surface area contributed by atoms with E-state index in [2.05, 4.69) is 10.5 Å². The zero-order chi connectivity index (χ0) is 21.9. The Balaban J connectivity index is 1.72. The van der Waals surface area contributed by atoms with Crippen molar-refractivity contribution < 1.29 is 22.5 Å². The number of ether oxygens (including phenoxy) is 1. The highest BCUT2D eigenvalue weighted by molar-refractivity contribution is 7.91. The minimum Gasteiger partial charge on any atom is -0.495 e. The molecular formula is C21H21ClN2O5S. The summed E-state index contributed by atoms with van der Waals surface area (Å²) in [5, 5.41) is 6.82. The summed E-state index contributed by atoms with van der Waals surface area (Å²) in [6, 6.07) is 11.5. The predicted octanol–water partition coefficient (Wildman–Crippen LogP) is 4.42. The lowest BCUT2D eigenvalue weighted by Crippen LogP contribution is -2.18. The highest BCUT2D eigenvalue weighted by Gasteiger charge is 2.20. The molecule has 0 fully saturated rings. The topological polar surface area (TPSA) is 98.5 Å². The third kappa shape index (κ3) is 5.01. The van der Waals surface area contributed by atoms with Crippen LogP contribution in [-0.4, -0.2) is 32.3 Å². The second kappa shape index (κ2) is 8.89. The van der Waals surface area contributed by atoms with E-state index in [1.807, 2.05) is 0 Å². The Morgan fingerprint density at radius 3 is 2.57 bits per heavy atom. The molecular weight excluding hydrogens is 428 g/mol. The van der Waals surface area contributed by atoms with Gasteiger partial charge in [-0.1, -0.05) is 28.9 Å². The Bertz CT molecular complexity index is 1190. The molecule has 0 saturated carbocycles. The van der Waals surface area contributed by atoms with Crippen molar-refractivity contribution in [3.63, 3.8) is 0 Å². The normalized spacial score (nSPS) is 11.3. The van der Waals surface area contributed by atoms with Crippen molar-refractivity contribution in [1.82, 2.24) is 5.16 Å². The van der Waals surface area contributed by atoms with Crippen LogP contribution in [0.4, 0.5) is 5.69 Å². The highest BCUT2D eigenvalue weighted by atomic mass is 35.5. The number of aromatic nitrogens is 1. The van der Waals surface area contributed by atoms with Crippen LogP contribution in [0.25, 0.3) is 11.3 Å². The maximum Gasteiger partial charge on any atom is 0.225 e. The average Bonchev–Trinajstić information content (AvgIpc) is 3.13. The minimum absolute atomic E-state index is 0.161. The van der Waals surface area contributed by atoms with E-state index in [4.69, 9.17) is 20.9 Å². The molecule has 30 heavy (non-hydrogen) atoms. The number of carbonyl (C=O) groups excluding carboxylic acids is 1. The largest absolute Gasteiger partial charge is 0.495 e. The first-order chi connectivity index (χ1) is 14.2. The number of aryl methyl sites for hydroxylation is 2. The van der Waals surface area contributed by atoms with E-state index in [-0.39, 0.29) is 17.1 Å². The number of nitrogens with one attached hydrogen (secondary N) is 1. The van der Waals surface area contributed by atoms with Crippen molar-refractivity contribution in [2.45, 2.75) is 25.2 Å². The van der Waals surface area contributed by atoms with Gasteiger partial charge in [-0.3, -0.25) is 4.79 Å². The van der Waals surface area contributed by atoms with Gasteiger partial charge < -0.3 is 14.6 Å². The minimum atomic E-state index is -3.69. The smallest absolute Gasteiger partial charge is 0.225 e. The summed E-state index contributed by atoms with van der Waals surface area (Å²) < 4.78 is 36.0. The zero-order valence-electron chi connectivity index (χ0n) is 16.7. The van der Waals surface area contributed by atoms with Gasteiger partial charge >= 0.3 is 0 Å². The number of anilines is 1. The Morgan fingerprint density at radius 1 is 1.17 bits per heavy atom. The number of hydrogen-bond acceptors (Lipinski definition) is 6. The van der Waals surface area contributed by atoms with Crippen molar-refractivity contribution in [2.24, 2.45) is 0 Å². The molecule has 1 N–H and O–H groups in total. The predicted molar refractivity (Wildman–Crippen MR) is 115 cm³/mol. The molecule has 1 amide bonds. The molecule has 0 aliphatic rings. The van der Waals surface area contributed by atoms with E-state index in [1.165, 1.54) is 7.11 Å². The lowest BCUT2D eigenvalue weighted by Gasteiger charge is -2.10. The molecule has 0 bridgehead atoms. The molecule has 0 aliphatic heterocycles. The summed E-state index contributed by atoms with van der Waals surface area (Å²) in [5.74, 6) is 0.203. The van der Waals surface area contributed by atoms with Crippen LogP contribution in [-0.2, 0) is 14.6 Å². The summed E-state index contributed by atoms with van der Waals surface area (Å²) >= 11 is 6.04. The second-order valence-electron chi connectivity index (χ2n) is 6.78. The van der Waals surface area contributed by atoms with Gasteiger partial charge in [-0.05, 0) is 43.7 Å². The first-order valence-electron chi connectivity index (χ1n) is 9.10. The van der Waals surface area contributed by atoms with E-state index >= 15 is 0 Å². The SMILES string of the molecule is COc1ccc(NC(=O)CCS(=O)(=O)c2cc(-c3cc(C)no3)ccc2C)cc1Cl. The summed E-state index contributed by atoms with van der Waals surface area (Å²) in [6.07, 6.45) is -0.197. The molecule has 3 rings (SSSR count). The molecule has 3 aromatic rings. The van der Waals surface area contributed by atoms with Crippen molar-refractivity contribution in [2.75, 3.05) is 18.2 Å². The average molecular weight is 449 g/mol. The van der Waals surface area contributed by atoms with Crippen LogP contribution in [0.2, 0.25) is 5.02 Å². The van der Waals surface area contributed by atoms with Crippen molar-refractivity contribution in [1.29, 1.82) is 0 Å². The maximum atomic E-state index is 12.9.